The lowest BCUT2D eigenvalue weighted by molar-refractivity contribution is -0.158. The molecule has 0 amide bonds. The number of piperazine rings is 1. The van der Waals surface area contributed by atoms with Gasteiger partial charge in [0.1, 0.15) is 16.6 Å². The van der Waals surface area contributed by atoms with Crippen LogP contribution in [0.1, 0.15) is 11.5 Å². The Balaban J connectivity index is 1.67. The predicted molar refractivity (Wildman–Crippen MR) is 102 cm³/mol. The average Bonchev–Trinajstić information content (AvgIpc) is 2.68. The van der Waals surface area contributed by atoms with Crippen LogP contribution >= 0.6 is 0 Å². The molecule has 1 unspecified atom stereocenters. The number of benzene rings is 1. The van der Waals surface area contributed by atoms with Gasteiger partial charge in [-0.05, 0) is 29.8 Å². The van der Waals surface area contributed by atoms with E-state index in [0.29, 0.717) is 18.8 Å². The van der Waals surface area contributed by atoms with Crippen LogP contribution in [-0.2, 0) is 10.0 Å². The summed E-state index contributed by atoms with van der Waals surface area (Å²) < 4.78 is 65.5. The fourth-order valence-corrected chi connectivity index (χ4v) is 4.56. The maximum Gasteiger partial charge on any atom is 0.397 e. The summed E-state index contributed by atoms with van der Waals surface area (Å²) in [6.07, 6.45) is -3.30. The Labute approximate surface area is 166 Å². The molecule has 3 N–H and O–H groups in total. The quantitative estimate of drug-likeness (QED) is 0.751. The Morgan fingerprint density at radius 1 is 1.07 bits per heavy atom. The summed E-state index contributed by atoms with van der Waals surface area (Å²) in [6.45, 7) is 0.235. The van der Waals surface area contributed by atoms with Gasteiger partial charge in [0.25, 0.3) is 0 Å². The zero-order valence-electron chi connectivity index (χ0n) is 15.4. The standard InChI is InChI=1S/C18H21F3N4O3S/c19-18(20,21)16(12-26)13-1-3-14(4-2-13)24-7-9-25(10-8-24)29(27,28)15-5-6-17(22)23-11-15/h1-6,11,16,26H,7-10,12H2,(H2,22,23). The van der Waals surface area contributed by atoms with Gasteiger partial charge in [-0.3, -0.25) is 0 Å². The average molecular weight is 430 g/mol. The Morgan fingerprint density at radius 2 is 1.69 bits per heavy atom. The van der Waals surface area contributed by atoms with Gasteiger partial charge >= 0.3 is 6.18 Å². The minimum absolute atomic E-state index is 0.0131. The molecule has 29 heavy (non-hydrogen) atoms. The second kappa shape index (κ2) is 8.17. The number of nitrogen functional groups attached to an aromatic ring is 1. The van der Waals surface area contributed by atoms with Gasteiger partial charge in [-0.25, -0.2) is 13.4 Å². The van der Waals surface area contributed by atoms with Gasteiger partial charge < -0.3 is 15.7 Å². The molecule has 0 aliphatic carbocycles. The number of aliphatic hydroxyl groups is 1. The predicted octanol–water partition coefficient (Wildman–Crippen LogP) is 1.81. The van der Waals surface area contributed by atoms with Gasteiger partial charge in [-0.1, -0.05) is 12.1 Å². The third kappa shape index (κ3) is 4.62. The van der Waals surface area contributed by atoms with Crippen LogP contribution in [0.25, 0.3) is 0 Å². The number of sulfonamides is 1. The van der Waals surface area contributed by atoms with Gasteiger partial charge in [-0.15, -0.1) is 0 Å². The SMILES string of the molecule is Nc1ccc(S(=O)(=O)N2CCN(c3ccc(C(CO)C(F)(F)F)cc3)CC2)cn1. The van der Waals surface area contributed by atoms with Crippen molar-refractivity contribution in [1.82, 2.24) is 9.29 Å². The first-order valence-electron chi connectivity index (χ1n) is 8.87. The lowest BCUT2D eigenvalue weighted by Crippen LogP contribution is -2.48. The summed E-state index contributed by atoms with van der Waals surface area (Å²) in [6, 6.07) is 8.61. The molecule has 2 heterocycles. The van der Waals surface area contributed by atoms with Crippen molar-refractivity contribution in [3.8, 4) is 0 Å². The highest BCUT2D eigenvalue weighted by atomic mass is 32.2. The van der Waals surface area contributed by atoms with E-state index in [4.69, 9.17) is 10.8 Å². The molecule has 2 aromatic rings. The molecule has 1 aromatic heterocycles. The van der Waals surface area contributed by atoms with Crippen LogP contribution in [0.5, 0.6) is 0 Å². The van der Waals surface area contributed by atoms with Crippen molar-refractivity contribution >= 4 is 21.5 Å². The first-order chi connectivity index (χ1) is 13.6. The van der Waals surface area contributed by atoms with Crippen LogP contribution in [0.15, 0.2) is 47.5 Å². The topological polar surface area (TPSA) is 99.8 Å². The molecule has 0 saturated carbocycles. The maximum atomic E-state index is 12.9. The normalized spacial score (nSPS) is 17.3. The molecule has 0 bridgehead atoms. The summed E-state index contributed by atoms with van der Waals surface area (Å²) in [4.78, 5) is 5.78. The number of nitrogens with zero attached hydrogens (tertiary/aromatic N) is 3. The van der Waals surface area contributed by atoms with E-state index in [1.807, 2.05) is 4.90 Å². The third-order valence-corrected chi connectivity index (χ3v) is 6.76. The largest absolute Gasteiger partial charge is 0.397 e. The molecule has 7 nitrogen and oxygen atoms in total. The van der Waals surface area contributed by atoms with Crippen molar-refractivity contribution < 1.29 is 26.7 Å². The van der Waals surface area contributed by atoms with Crippen LogP contribution in [-0.4, -0.2) is 61.8 Å². The molecule has 1 aliphatic heterocycles. The molecule has 1 fully saturated rings. The molecular weight excluding hydrogens is 409 g/mol. The first kappa shape index (κ1) is 21.3. The number of aliphatic hydroxyl groups excluding tert-OH is 1. The Hall–Kier alpha value is -2.37. The van der Waals surface area contributed by atoms with Gasteiger partial charge in [0, 0.05) is 38.1 Å². The molecule has 1 saturated heterocycles. The van der Waals surface area contributed by atoms with E-state index in [9.17, 15) is 21.6 Å². The molecule has 1 atom stereocenters. The number of hydrogen-bond acceptors (Lipinski definition) is 6. The maximum absolute atomic E-state index is 12.9. The number of hydrogen-bond donors (Lipinski definition) is 2. The van der Waals surface area contributed by atoms with E-state index in [0.717, 1.165) is 0 Å². The smallest absolute Gasteiger partial charge is 0.395 e. The van der Waals surface area contributed by atoms with Gasteiger partial charge in [-0.2, -0.15) is 17.5 Å². The second-order valence-electron chi connectivity index (χ2n) is 6.68. The summed E-state index contributed by atoms with van der Waals surface area (Å²) in [5, 5.41) is 9.04. The fraction of sp³-hybridized carbons (Fsp3) is 0.389. The Morgan fingerprint density at radius 3 is 2.17 bits per heavy atom. The van der Waals surface area contributed by atoms with Crippen LogP contribution in [0.3, 0.4) is 0 Å². The molecule has 0 spiro atoms. The number of pyridine rings is 1. The number of alkyl halides is 3. The van der Waals surface area contributed by atoms with E-state index in [-0.39, 0.29) is 29.4 Å². The summed E-state index contributed by atoms with van der Waals surface area (Å²) in [5.41, 5.74) is 6.17. The molecule has 158 valence electrons. The Bertz CT molecular complexity index is 926. The molecule has 0 radical (unpaired) electrons. The van der Waals surface area contributed by atoms with Gasteiger partial charge in [0.05, 0.1) is 6.61 Å². The highest BCUT2D eigenvalue weighted by Crippen LogP contribution is 2.35. The molecule has 11 heteroatoms. The van der Waals surface area contributed by atoms with E-state index < -0.39 is 28.7 Å². The number of rotatable bonds is 5. The number of halogens is 3. The number of aromatic nitrogens is 1. The van der Waals surface area contributed by atoms with Crippen molar-refractivity contribution in [2.45, 2.75) is 17.0 Å². The zero-order valence-corrected chi connectivity index (χ0v) is 16.2. The minimum Gasteiger partial charge on any atom is -0.395 e. The van der Waals surface area contributed by atoms with E-state index in [1.165, 1.54) is 34.8 Å². The minimum atomic E-state index is -4.52. The summed E-state index contributed by atoms with van der Waals surface area (Å²) in [7, 11) is -3.69. The lowest BCUT2D eigenvalue weighted by atomic mass is 9.99. The second-order valence-corrected chi connectivity index (χ2v) is 8.62. The highest BCUT2D eigenvalue weighted by Gasteiger charge is 2.40. The lowest BCUT2D eigenvalue weighted by Gasteiger charge is -2.35. The number of anilines is 2. The van der Waals surface area contributed by atoms with E-state index in [1.54, 1.807) is 12.1 Å². The van der Waals surface area contributed by atoms with Crippen molar-refractivity contribution in [3.05, 3.63) is 48.2 Å². The molecule has 1 aromatic carbocycles. The van der Waals surface area contributed by atoms with Gasteiger partial charge in [0.2, 0.25) is 10.0 Å². The van der Waals surface area contributed by atoms with Crippen molar-refractivity contribution in [1.29, 1.82) is 0 Å². The molecular formula is C18H21F3N4O3S. The Kier molecular flexibility index (Phi) is 6.01. The summed E-state index contributed by atoms with van der Waals surface area (Å²) >= 11 is 0. The van der Waals surface area contributed by atoms with Crippen LogP contribution in [0, 0.1) is 0 Å². The van der Waals surface area contributed by atoms with Crippen LogP contribution < -0.4 is 10.6 Å². The third-order valence-electron chi connectivity index (χ3n) is 4.87. The van der Waals surface area contributed by atoms with Gasteiger partial charge in [0.15, 0.2) is 0 Å². The van der Waals surface area contributed by atoms with E-state index >= 15 is 0 Å². The number of nitrogens with two attached hydrogens (primary N) is 1. The fourth-order valence-electron chi connectivity index (χ4n) is 3.20. The van der Waals surface area contributed by atoms with Crippen LogP contribution in [0.2, 0.25) is 0 Å². The first-order valence-corrected chi connectivity index (χ1v) is 10.3. The molecule has 3 rings (SSSR count). The van der Waals surface area contributed by atoms with Crippen molar-refractivity contribution in [2.24, 2.45) is 0 Å². The zero-order chi connectivity index (χ0) is 21.2. The van der Waals surface area contributed by atoms with Crippen molar-refractivity contribution in [2.75, 3.05) is 43.4 Å². The van der Waals surface area contributed by atoms with Crippen molar-refractivity contribution in [3.63, 3.8) is 0 Å². The van der Waals surface area contributed by atoms with Crippen LogP contribution in [0.4, 0.5) is 24.7 Å². The van der Waals surface area contributed by atoms with E-state index in [2.05, 4.69) is 4.98 Å². The molecule has 1 aliphatic rings. The monoisotopic (exact) mass is 430 g/mol. The summed E-state index contributed by atoms with van der Waals surface area (Å²) in [5.74, 6) is -1.70. The highest BCUT2D eigenvalue weighted by molar-refractivity contribution is 7.89.